The Morgan fingerprint density at radius 1 is 1.39 bits per heavy atom. The van der Waals surface area contributed by atoms with Crippen LogP contribution >= 0.6 is 22.9 Å². The normalized spacial score (nSPS) is 30.2. The number of oxazole rings is 1. The fraction of sp³-hybridized carbons (Fsp3) is 0.556. The van der Waals surface area contributed by atoms with Crippen LogP contribution in [0.3, 0.4) is 0 Å². The number of nitrogens with zero attached hydrogens (tertiary/aromatic N) is 3. The number of rotatable bonds is 5. The standard InChI is InChI=1S/C27H31ClN4O3S/c1-14-12-29-26(36-14)31-22(33)7-4-15-10-21(32-34-3)27(2)9-8-16-17(23(15)27)5-6-18-19(16)11-20-25(24(18)28)35-13-30-20/h11-13,15-17,23H,4-10H2,1-3H3,(H,29,31,33). The zero-order valence-corrected chi connectivity index (χ0v) is 22.4. The van der Waals surface area contributed by atoms with Crippen LogP contribution in [0.15, 0.2) is 28.2 Å². The lowest BCUT2D eigenvalue weighted by Crippen LogP contribution is -2.44. The lowest BCUT2D eigenvalue weighted by atomic mass is 9.54. The summed E-state index contributed by atoms with van der Waals surface area (Å²) < 4.78 is 5.58. The van der Waals surface area contributed by atoms with Crippen LogP contribution < -0.4 is 5.32 Å². The topological polar surface area (TPSA) is 89.6 Å². The molecule has 1 N–H and O–H groups in total. The molecule has 36 heavy (non-hydrogen) atoms. The van der Waals surface area contributed by atoms with Gasteiger partial charge < -0.3 is 14.6 Å². The van der Waals surface area contributed by atoms with Crippen molar-refractivity contribution in [3.8, 4) is 0 Å². The van der Waals surface area contributed by atoms with Gasteiger partial charge in [0.05, 0.1) is 10.7 Å². The molecule has 0 spiro atoms. The number of oxime groups is 1. The number of amides is 1. The molecule has 9 heteroatoms. The van der Waals surface area contributed by atoms with E-state index in [1.165, 1.54) is 28.9 Å². The van der Waals surface area contributed by atoms with Gasteiger partial charge in [0, 0.05) is 22.9 Å². The molecule has 3 aliphatic rings. The van der Waals surface area contributed by atoms with Crippen molar-refractivity contribution in [2.75, 3.05) is 12.4 Å². The van der Waals surface area contributed by atoms with Crippen LogP contribution in [-0.4, -0.2) is 28.7 Å². The minimum Gasteiger partial charge on any atom is -0.442 e. The van der Waals surface area contributed by atoms with Crippen LogP contribution in [0.1, 0.15) is 67.4 Å². The molecule has 6 rings (SSSR count). The Morgan fingerprint density at radius 3 is 3.03 bits per heavy atom. The number of anilines is 1. The van der Waals surface area contributed by atoms with Gasteiger partial charge in [0.15, 0.2) is 17.1 Å². The Kier molecular flexibility index (Phi) is 6.07. The maximum Gasteiger partial charge on any atom is 0.226 e. The number of aromatic nitrogens is 2. The van der Waals surface area contributed by atoms with E-state index in [0.717, 1.165) is 59.7 Å². The predicted octanol–water partition coefficient (Wildman–Crippen LogP) is 6.75. The molecule has 2 heterocycles. The van der Waals surface area contributed by atoms with Crippen LogP contribution in [0.5, 0.6) is 0 Å². The van der Waals surface area contributed by atoms with Gasteiger partial charge in [-0.3, -0.25) is 4.79 Å². The molecule has 2 fully saturated rings. The van der Waals surface area contributed by atoms with Crippen molar-refractivity contribution in [1.82, 2.24) is 9.97 Å². The molecule has 0 bridgehead atoms. The van der Waals surface area contributed by atoms with Gasteiger partial charge in [0.1, 0.15) is 12.6 Å². The Morgan fingerprint density at radius 2 is 2.25 bits per heavy atom. The lowest BCUT2D eigenvalue weighted by Gasteiger charge is -2.50. The molecule has 5 unspecified atom stereocenters. The molecule has 1 aromatic carbocycles. The quantitative estimate of drug-likeness (QED) is 0.371. The van der Waals surface area contributed by atoms with Crippen molar-refractivity contribution >= 4 is 50.8 Å². The highest BCUT2D eigenvalue weighted by Crippen LogP contribution is 2.63. The van der Waals surface area contributed by atoms with E-state index in [9.17, 15) is 4.79 Å². The molecule has 5 atom stereocenters. The van der Waals surface area contributed by atoms with E-state index in [1.807, 2.05) is 6.92 Å². The second-order valence-corrected chi connectivity index (χ2v) is 12.4. The minimum absolute atomic E-state index is 0.00989. The van der Waals surface area contributed by atoms with Gasteiger partial charge in [-0.1, -0.05) is 23.7 Å². The van der Waals surface area contributed by atoms with Crippen LogP contribution in [-0.2, 0) is 16.1 Å². The first-order valence-corrected chi connectivity index (χ1v) is 14.0. The monoisotopic (exact) mass is 526 g/mol. The van der Waals surface area contributed by atoms with Gasteiger partial charge in [0.2, 0.25) is 5.91 Å². The summed E-state index contributed by atoms with van der Waals surface area (Å²) >= 11 is 8.31. The second kappa shape index (κ2) is 9.14. The van der Waals surface area contributed by atoms with Gasteiger partial charge >= 0.3 is 0 Å². The van der Waals surface area contributed by atoms with Crippen LogP contribution in [0.25, 0.3) is 11.1 Å². The first-order chi connectivity index (χ1) is 17.4. The van der Waals surface area contributed by atoms with Gasteiger partial charge in [-0.2, -0.15) is 0 Å². The number of aryl methyl sites for hydroxylation is 1. The number of hydrogen-bond acceptors (Lipinski definition) is 7. The predicted molar refractivity (Wildman–Crippen MR) is 142 cm³/mol. The maximum absolute atomic E-state index is 12.8. The number of carbonyl (C=O) groups excluding carboxylic acids is 1. The van der Waals surface area contributed by atoms with E-state index in [1.54, 1.807) is 13.3 Å². The number of benzene rings is 1. The lowest BCUT2D eigenvalue weighted by molar-refractivity contribution is -0.116. The molecular weight excluding hydrogens is 496 g/mol. The van der Waals surface area contributed by atoms with E-state index in [-0.39, 0.29) is 11.3 Å². The third-order valence-corrected chi connectivity index (χ3v) is 10.2. The van der Waals surface area contributed by atoms with Crippen molar-refractivity contribution in [2.45, 2.75) is 64.7 Å². The summed E-state index contributed by atoms with van der Waals surface area (Å²) in [5.41, 5.74) is 5.25. The van der Waals surface area contributed by atoms with Gasteiger partial charge in [-0.05, 0) is 86.3 Å². The molecule has 2 saturated carbocycles. The van der Waals surface area contributed by atoms with E-state index in [0.29, 0.717) is 40.8 Å². The van der Waals surface area contributed by atoms with Crippen LogP contribution in [0.4, 0.5) is 5.13 Å². The minimum atomic E-state index is -0.00989. The maximum atomic E-state index is 12.8. The second-order valence-electron chi connectivity index (χ2n) is 10.8. The third-order valence-electron chi connectivity index (χ3n) is 8.95. The fourth-order valence-electron chi connectivity index (χ4n) is 7.50. The number of fused-ring (bicyclic) bond motifs is 6. The molecular formula is C27H31ClN4O3S. The SMILES string of the molecule is CON=C1CC(CCC(=O)Nc2ncc(C)s2)C2C3CCc4c(cc5ncoc5c4Cl)C3CCC12C. The Balaban J connectivity index is 1.28. The number of thiazole rings is 1. The average molecular weight is 527 g/mol. The highest BCUT2D eigenvalue weighted by atomic mass is 35.5. The fourth-order valence-corrected chi connectivity index (χ4v) is 8.53. The van der Waals surface area contributed by atoms with Gasteiger partial charge in [-0.15, -0.1) is 11.3 Å². The zero-order chi connectivity index (χ0) is 25.0. The van der Waals surface area contributed by atoms with E-state index < -0.39 is 0 Å². The van der Waals surface area contributed by atoms with E-state index in [4.69, 9.17) is 20.9 Å². The Labute approximate surface area is 219 Å². The van der Waals surface area contributed by atoms with E-state index >= 15 is 0 Å². The van der Waals surface area contributed by atoms with Crippen molar-refractivity contribution in [2.24, 2.45) is 28.3 Å². The van der Waals surface area contributed by atoms with E-state index in [2.05, 4.69) is 33.4 Å². The van der Waals surface area contributed by atoms with Crippen LogP contribution in [0, 0.1) is 30.1 Å². The highest BCUT2D eigenvalue weighted by Gasteiger charge is 2.57. The molecule has 2 aromatic heterocycles. The Bertz CT molecular complexity index is 1350. The molecule has 7 nitrogen and oxygen atoms in total. The first kappa shape index (κ1) is 23.9. The average Bonchev–Trinajstić information content (AvgIpc) is 3.56. The number of hydrogen-bond donors (Lipinski definition) is 1. The molecule has 0 radical (unpaired) electrons. The summed E-state index contributed by atoms with van der Waals surface area (Å²) in [6, 6.07) is 2.21. The van der Waals surface area contributed by atoms with Gasteiger partial charge in [-0.25, -0.2) is 9.97 Å². The van der Waals surface area contributed by atoms with Crippen LogP contribution in [0.2, 0.25) is 5.02 Å². The largest absolute Gasteiger partial charge is 0.442 e. The van der Waals surface area contributed by atoms with Crippen molar-refractivity contribution in [3.05, 3.63) is 39.7 Å². The number of halogens is 1. The zero-order valence-electron chi connectivity index (χ0n) is 20.8. The van der Waals surface area contributed by atoms with Crippen molar-refractivity contribution in [1.29, 1.82) is 0 Å². The first-order valence-electron chi connectivity index (χ1n) is 12.8. The van der Waals surface area contributed by atoms with Crippen molar-refractivity contribution in [3.63, 3.8) is 0 Å². The summed E-state index contributed by atoms with van der Waals surface area (Å²) in [6.45, 7) is 4.36. The molecule has 190 valence electrons. The smallest absolute Gasteiger partial charge is 0.226 e. The molecule has 3 aliphatic carbocycles. The van der Waals surface area contributed by atoms with Crippen molar-refractivity contribution < 1.29 is 14.0 Å². The summed E-state index contributed by atoms with van der Waals surface area (Å²) in [5, 5.41) is 8.90. The summed E-state index contributed by atoms with van der Waals surface area (Å²) in [7, 11) is 1.63. The summed E-state index contributed by atoms with van der Waals surface area (Å²) in [6.07, 6.45) is 9.63. The molecule has 0 aliphatic heterocycles. The third kappa shape index (κ3) is 3.84. The molecule has 0 saturated heterocycles. The molecule has 3 aromatic rings. The Hall–Kier alpha value is -2.45. The highest BCUT2D eigenvalue weighted by molar-refractivity contribution is 7.15. The van der Waals surface area contributed by atoms with Gasteiger partial charge in [0.25, 0.3) is 0 Å². The summed E-state index contributed by atoms with van der Waals surface area (Å²) in [5.74, 6) is 1.80. The number of nitrogens with one attached hydrogen (secondary N) is 1. The summed E-state index contributed by atoms with van der Waals surface area (Å²) in [4.78, 5) is 27.9. The number of carbonyl (C=O) groups is 1. The molecule has 1 amide bonds.